The van der Waals surface area contributed by atoms with Crippen LogP contribution in [0.3, 0.4) is 0 Å². The van der Waals surface area contributed by atoms with Crippen LogP contribution in [0.5, 0.6) is 0 Å². The summed E-state index contributed by atoms with van der Waals surface area (Å²) in [4.78, 5) is 0. The van der Waals surface area contributed by atoms with Gasteiger partial charge < -0.3 is 10.2 Å². The van der Waals surface area contributed by atoms with Crippen molar-refractivity contribution in [1.29, 1.82) is 0 Å². The first-order valence-corrected chi connectivity index (χ1v) is 6.21. The van der Waals surface area contributed by atoms with Gasteiger partial charge in [0, 0.05) is 5.88 Å². The van der Waals surface area contributed by atoms with Crippen LogP contribution in [-0.2, 0) is 0 Å². The summed E-state index contributed by atoms with van der Waals surface area (Å²) in [7, 11) is 0. The molecule has 0 aromatic carbocycles. The van der Waals surface area contributed by atoms with Gasteiger partial charge in [-0.25, -0.2) is 0 Å². The highest BCUT2D eigenvalue weighted by Crippen LogP contribution is 2.13. The number of rotatable bonds is 9. The maximum Gasteiger partial charge on any atom is 0.168 e. The average Bonchev–Trinajstić information content (AvgIpc) is 2.16. The predicted molar refractivity (Wildman–Crippen MR) is 60.9 cm³/mol. The van der Waals surface area contributed by atoms with Crippen LogP contribution in [0, 0.1) is 0 Å². The van der Waals surface area contributed by atoms with Crippen molar-refractivity contribution in [2.24, 2.45) is 0 Å². The molecule has 1 atom stereocenters. The largest absolute Gasteiger partial charge is 0.367 e. The SMILES string of the molecule is OC(O)C(Cl)CCCCCCCCCl. The highest BCUT2D eigenvalue weighted by Gasteiger charge is 2.11. The fraction of sp³-hybridized carbons (Fsp3) is 1.00. The Hall–Kier alpha value is 0.500. The second-order valence-corrected chi connectivity index (χ2v) is 4.47. The summed E-state index contributed by atoms with van der Waals surface area (Å²) < 4.78 is 0. The first-order chi connectivity index (χ1) is 6.68. The lowest BCUT2D eigenvalue weighted by molar-refractivity contribution is -0.0432. The zero-order valence-corrected chi connectivity index (χ0v) is 9.97. The van der Waals surface area contributed by atoms with Crippen LogP contribution in [0.25, 0.3) is 0 Å². The molecule has 0 bridgehead atoms. The Balaban J connectivity index is 3.06. The van der Waals surface area contributed by atoms with Gasteiger partial charge in [-0.05, 0) is 12.8 Å². The number of halogens is 2. The van der Waals surface area contributed by atoms with E-state index in [1.807, 2.05) is 0 Å². The maximum atomic E-state index is 8.70. The Morgan fingerprint density at radius 2 is 1.36 bits per heavy atom. The third-order valence-electron chi connectivity index (χ3n) is 2.19. The van der Waals surface area contributed by atoms with E-state index in [-0.39, 0.29) is 0 Å². The lowest BCUT2D eigenvalue weighted by atomic mass is 10.1. The highest BCUT2D eigenvalue weighted by atomic mass is 35.5. The quantitative estimate of drug-likeness (QED) is 0.371. The zero-order chi connectivity index (χ0) is 10.8. The van der Waals surface area contributed by atoms with Crippen molar-refractivity contribution in [3.05, 3.63) is 0 Å². The Bertz CT molecular complexity index is 121. The highest BCUT2D eigenvalue weighted by molar-refractivity contribution is 6.20. The molecular weight excluding hydrogens is 223 g/mol. The van der Waals surface area contributed by atoms with Gasteiger partial charge in [0.15, 0.2) is 6.29 Å². The molecule has 0 spiro atoms. The molecule has 2 N–H and O–H groups in total. The maximum absolute atomic E-state index is 8.70. The minimum atomic E-state index is -1.38. The molecule has 86 valence electrons. The van der Waals surface area contributed by atoms with Crippen molar-refractivity contribution in [3.63, 3.8) is 0 Å². The minimum absolute atomic E-state index is 0.516. The summed E-state index contributed by atoms with van der Waals surface area (Å²) in [6, 6.07) is 0. The summed E-state index contributed by atoms with van der Waals surface area (Å²) in [6.07, 6.45) is 6.04. The molecule has 1 unspecified atom stereocenters. The summed E-state index contributed by atoms with van der Waals surface area (Å²) >= 11 is 11.2. The van der Waals surface area contributed by atoms with Crippen molar-refractivity contribution < 1.29 is 10.2 Å². The van der Waals surface area contributed by atoms with Crippen LogP contribution in [-0.4, -0.2) is 27.8 Å². The van der Waals surface area contributed by atoms with E-state index in [1.54, 1.807) is 0 Å². The first-order valence-electron chi connectivity index (χ1n) is 5.24. The van der Waals surface area contributed by atoms with Crippen LogP contribution in [0.2, 0.25) is 0 Å². The molecule has 0 aromatic rings. The van der Waals surface area contributed by atoms with Crippen molar-refractivity contribution in [1.82, 2.24) is 0 Å². The minimum Gasteiger partial charge on any atom is -0.367 e. The molecule has 0 fully saturated rings. The van der Waals surface area contributed by atoms with Gasteiger partial charge in [0.05, 0.1) is 5.38 Å². The molecule has 0 saturated carbocycles. The molecule has 0 aliphatic rings. The van der Waals surface area contributed by atoms with E-state index in [0.717, 1.165) is 25.1 Å². The lowest BCUT2D eigenvalue weighted by Crippen LogP contribution is -2.19. The molecule has 0 radical (unpaired) electrons. The summed E-state index contributed by atoms with van der Waals surface area (Å²) in [5.41, 5.74) is 0. The van der Waals surface area contributed by atoms with Crippen molar-refractivity contribution in [3.8, 4) is 0 Å². The molecule has 2 nitrogen and oxygen atoms in total. The Labute approximate surface area is 96.2 Å². The number of aliphatic hydroxyl groups is 2. The molecule has 0 saturated heterocycles. The molecule has 0 heterocycles. The molecule has 0 aliphatic heterocycles. The normalized spacial score (nSPS) is 13.5. The number of hydrogen-bond acceptors (Lipinski definition) is 2. The van der Waals surface area contributed by atoms with Gasteiger partial charge in [0.2, 0.25) is 0 Å². The van der Waals surface area contributed by atoms with E-state index in [1.165, 1.54) is 19.3 Å². The Morgan fingerprint density at radius 1 is 0.857 bits per heavy atom. The molecule has 0 amide bonds. The van der Waals surface area contributed by atoms with Crippen LogP contribution < -0.4 is 0 Å². The fourth-order valence-corrected chi connectivity index (χ4v) is 1.63. The van der Waals surface area contributed by atoms with E-state index < -0.39 is 11.7 Å². The molecular formula is C10H20Cl2O2. The van der Waals surface area contributed by atoms with Crippen LogP contribution in [0.1, 0.15) is 44.9 Å². The number of alkyl halides is 2. The molecule has 0 aromatic heterocycles. The van der Waals surface area contributed by atoms with Crippen molar-refractivity contribution in [2.45, 2.75) is 56.6 Å². The van der Waals surface area contributed by atoms with Gasteiger partial charge in [-0.15, -0.1) is 23.2 Å². The fourth-order valence-electron chi connectivity index (χ4n) is 1.29. The molecule has 0 rings (SSSR count). The molecule has 14 heavy (non-hydrogen) atoms. The van der Waals surface area contributed by atoms with E-state index in [2.05, 4.69) is 0 Å². The van der Waals surface area contributed by atoms with E-state index >= 15 is 0 Å². The average molecular weight is 243 g/mol. The summed E-state index contributed by atoms with van der Waals surface area (Å²) in [6.45, 7) is 0. The Morgan fingerprint density at radius 3 is 1.86 bits per heavy atom. The van der Waals surface area contributed by atoms with E-state index in [9.17, 15) is 0 Å². The Kier molecular flexibility index (Phi) is 10.4. The second-order valence-electron chi connectivity index (χ2n) is 3.53. The molecule has 4 heteroatoms. The monoisotopic (exact) mass is 242 g/mol. The van der Waals surface area contributed by atoms with Gasteiger partial charge in [0.25, 0.3) is 0 Å². The van der Waals surface area contributed by atoms with E-state index in [4.69, 9.17) is 33.4 Å². The van der Waals surface area contributed by atoms with Crippen LogP contribution >= 0.6 is 23.2 Å². The number of hydrogen-bond donors (Lipinski definition) is 2. The smallest absolute Gasteiger partial charge is 0.168 e. The zero-order valence-electron chi connectivity index (χ0n) is 8.46. The topological polar surface area (TPSA) is 40.5 Å². The second kappa shape index (κ2) is 10.0. The molecule has 0 aliphatic carbocycles. The summed E-state index contributed by atoms with van der Waals surface area (Å²) in [5.74, 6) is 0.750. The van der Waals surface area contributed by atoms with Gasteiger partial charge >= 0.3 is 0 Å². The first kappa shape index (κ1) is 14.5. The van der Waals surface area contributed by atoms with Crippen LogP contribution in [0.15, 0.2) is 0 Å². The van der Waals surface area contributed by atoms with Gasteiger partial charge in [-0.1, -0.05) is 32.1 Å². The van der Waals surface area contributed by atoms with Crippen LogP contribution in [0.4, 0.5) is 0 Å². The third-order valence-corrected chi connectivity index (χ3v) is 2.90. The standard InChI is InChI=1S/C10H20Cl2O2/c11-8-6-4-2-1-3-5-7-9(12)10(13)14/h9-10,13-14H,1-8H2. The van der Waals surface area contributed by atoms with Crippen molar-refractivity contribution in [2.75, 3.05) is 5.88 Å². The van der Waals surface area contributed by atoms with E-state index in [0.29, 0.717) is 6.42 Å². The van der Waals surface area contributed by atoms with Gasteiger partial charge in [0.1, 0.15) is 0 Å². The van der Waals surface area contributed by atoms with Gasteiger partial charge in [-0.3, -0.25) is 0 Å². The van der Waals surface area contributed by atoms with Crippen molar-refractivity contribution >= 4 is 23.2 Å². The number of aliphatic hydroxyl groups excluding tert-OH is 1. The predicted octanol–water partition coefficient (Wildman–Crippen LogP) is 2.87. The third kappa shape index (κ3) is 9.07. The lowest BCUT2D eigenvalue weighted by Gasteiger charge is -2.10. The van der Waals surface area contributed by atoms with Gasteiger partial charge in [-0.2, -0.15) is 0 Å². The summed E-state index contributed by atoms with van der Waals surface area (Å²) in [5, 5.41) is 16.9. The number of unbranched alkanes of at least 4 members (excludes halogenated alkanes) is 5.